The lowest BCUT2D eigenvalue weighted by molar-refractivity contribution is 0.0695. The lowest BCUT2D eigenvalue weighted by Gasteiger charge is -2.10. The fraction of sp³-hybridized carbons (Fsp3) is 0.273. The van der Waals surface area contributed by atoms with Crippen LogP contribution in [-0.4, -0.2) is 25.6 Å². The van der Waals surface area contributed by atoms with E-state index in [9.17, 15) is 9.59 Å². The fourth-order valence-electron chi connectivity index (χ4n) is 1.76. The number of thiol groups is 1. The van der Waals surface area contributed by atoms with Gasteiger partial charge in [0.05, 0.1) is 5.39 Å². The lowest BCUT2D eigenvalue weighted by Crippen LogP contribution is -2.20. The van der Waals surface area contributed by atoms with Gasteiger partial charge >= 0.3 is 5.97 Å². The molecule has 0 amide bonds. The van der Waals surface area contributed by atoms with Crippen molar-refractivity contribution in [2.24, 2.45) is 0 Å². The summed E-state index contributed by atoms with van der Waals surface area (Å²) in [4.78, 5) is 31.2. The van der Waals surface area contributed by atoms with Crippen LogP contribution in [0, 0.1) is 6.92 Å². The molecule has 0 radical (unpaired) electrons. The Hall–Kier alpha value is -1.89. The van der Waals surface area contributed by atoms with Gasteiger partial charge in [0.15, 0.2) is 0 Å². The van der Waals surface area contributed by atoms with Crippen LogP contribution in [0.5, 0.6) is 0 Å². The number of aromatic nitrogens is 3. The molecule has 0 atom stereocenters. The minimum Gasteiger partial charge on any atom is -0.477 e. The Labute approximate surface area is 108 Å². The normalized spacial score (nSPS) is 10.8. The van der Waals surface area contributed by atoms with Gasteiger partial charge in [-0.15, -0.1) is 12.6 Å². The quantitative estimate of drug-likeness (QED) is 0.627. The molecule has 94 valence electrons. The zero-order valence-electron chi connectivity index (χ0n) is 9.84. The van der Waals surface area contributed by atoms with Crippen molar-refractivity contribution in [2.45, 2.75) is 25.4 Å². The topological polar surface area (TPSA) is 85.1 Å². The Morgan fingerprint density at radius 2 is 2.17 bits per heavy atom. The summed E-state index contributed by atoms with van der Waals surface area (Å²) in [7, 11) is 0. The standard InChI is InChI=1S/C11H11N3O3S/c1-3-14-4-6(11(16)17)8(15)7-9(14)12-5(2)13-10(7)18/h4H,3H2,1-2H3,(H,16,17)(H,12,13,18). The average Bonchev–Trinajstić information content (AvgIpc) is 2.27. The van der Waals surface area contributed by atoms with E-state index in [1.807, 2.05) is 6.92 Å². The van der Waals surface area contributed by atoms with Crippen molar-refractivity contribution >= 4 is 29.6 Å². The summed E-state index contributed by atoms with van der Waals surface area (Å²) in [6, 6.07) is 0. The maximum atomic E-state index is 12.0. The second-order valence-electron chi connectivity index (χ2n) is 3.76. The second-order valence-corrected chi connectivity index (χ2v) is 4.18. The molecule has 0 saturated heterocycles. The van der Waals surface area contributed by atoms with Crippen LogP contribution in [0.3, 0.4) is 0 Å². The lowest BCUT2D eigenvalue weighted by atomic mass is 10.2. The number of nitrogens with zero attached hydrogens (tertiary/aromatic N) is 3. The van der Waals surface area contributed by atoms with E-state index in [4.69, 9.17) is 5.11 Å². The smallest absolute Gasteiger partial charge is 0.341 e. The first-order valence-corrected chi connectivity index (χ1v) is 5.74. The summed E-state index contributed by atoms with van der Waals surface area (Å²) < 4.78 is 1.61. The number of carbonyl (C=O) groups is 1. The Morgan fingerprint density at radius 3 is 2.72 bits per heavy atom. The van der Waals surface area contributed by atoms with Crippen molar-refractivity contribution in [3.05, 3.63) is 27.8 Å². The molecule has 7 heteroatoms. The molecule has 1 N–H and O–H groups in total. The molecule has 0 aliphatic rings. The first kappa shape index (κ1) is 12.6. The molecule has 18 heavy (non-hydrogen) atoms. The summed E-state index contributed by atoms with van der Waals surface area (Å²) >= 11 is 4.13. The van der Waals surface area contributed by atoms with E-state index >= 15 is 0 Å². The Balaban J connectivity index is 3.04. The van der Waals surface area contributed by atoms with Crippen LogP contribution in [0.2, 0.25) is 0 Å². The van der Waals surface area contributed by atoms with Gasteiger partial charge in [-0.2, -0.15) is 0 Å². The molecule has 0 spiro atoms. The van der Waals surface area contributed by atoms with Gasteiger partial charge in [-0.05, 0) is 13.8 Å². The number of hydrogen-bond acceptors (Lipinski definition) is 5. The highest BCUT2D eigenvalue weighted by Crippen LogP contribution is 2.16. The van der Waals surface area contributed by atoms with Crippen LogP contribution in [0.4, 0.5) is 0 Å². The van der Waals surface area contributed by atoms with Crippen LogP contribution in [0.25, 0.3) is 11.0 Å². The van der Waals surface area contributed by atoms with Gasteiger partial charge in [0.2, 0.25) is 5.43 Å². The van der Waals surface area contributed by atoms with Crippen LogP contribution in [0.15, 0.2) is 16.0 Å². The zero-order valence-corrected chi connectivity index (χ0v) is 10.7. The Bertz CT molecular complexity index is 709. The highest BCUT2D eigenvalue weighted by molar-refractivity contribution is 7.80. The molecular formula is C11H11N3O3S. The summed E-state index contributed by atoms with van der Waals surface area (Å²) in [6.45, 7) is 4.03. The minimum absolute atomic E-state index is 0.144. The highest BCUT2D eigenvalue weighted by Gasteiger charge is 2.17. The SMILES string of the molecule is CCn1cc(C(=O)O)c(=O)c2c(S)nc(C)nc21. The van der Waals surface area contributed by atoms with Crippen molar-refractivity contribution < 1.29 is 9.90 Å². The van der Waals surface area contributed by atoms with E-state index in [0.717, 1.165) is 0 Å². The monoisotopic (exact) mass is 265 g/mol. The molecule has 0 fully saturated rings. The maximum absolute atomic E-state index is 12.0. The van der Waals surface area contributed by atoms with E-state index < -0.39 is 11.4 Å². The number of carboxylic acids is 1. The average molecular weight is 265 g/mol. The van der Waals surface area contributed by atoms with E-state index in [-0.39, 0.29) is 16.0 Å². The van der Waals surface area contributed by atoms with Crippen molar-refractivity contribution in [3.63, 3.8) is 0 Å². The van der Waals surface area contributed by atoms with Gasteiger partial charge < -0.3 is 9.67 Å². The third-order valence-corrected chi connectivity index (χ3v) is 2.91. The highest BCUT2D eigenvalue weighted by atomic mass is 32.1. The number of fused-ring (bicyclic) bond motifs is 1. The first-order valence-electron chi connectivity index (χ1n) is 5.29. The molecule has 2 aromatic heterocycles. The van der Waals surface area contributed by atoms with E-state index in [2.05, 4.69) is 22.6 Å². The number of carboxylic acid groups (broad SMARTS) is 1. The molecule has 2 aromatic rings. The molecule has 2 heterocycles. The van der Waals surface area contributed by atoms with Crippen LogP contribution >= 0.6 is 12.6 Å². The van der Waals surface area contributed by atoms with Crippen LogP contribution in [-0.2, 0) is 6.54 Å². The van der Waals surface area contributed by atoms with Gasteiger partial charge in [0.25, 0.3) is 0 Å². The summed E-state index contributed by atoms with van der Waals surface area (Å²) in [5.41, 5.74) is -0.496. The number of pyridine rings is 1. The molecule has 0 bridgehead atoms. The fourth-order valence-corrected chi connectivity index (χ4v) is 2.10. The Morgan fingerprint density at radius 1 is 1.50 bits per heavy atom. The molecule has 0 aromatic carbocycles. The maximum Gasteiger partial charge on any atom is 0.341 e. The molecular weight excluding hydrogens is 254 g/mol. The summed E-state index contributed by atoms with van der Waals surface area (Å²) in [6.07, 6.45) is 1.30. The number of rotatable bonds is 2. The molecule has 0 unspecified atom stereocenters. The second kappa shape index (κ2) is 4.41. The van der Waals surface area contributed by atoms with Gasteiger partial charge in [-0.25, -0.2) is 14.8 Å². The van der Waals surface area contributed by atoms with Crippen molar-refractivity contribution in [1.82, 2.24) is 14.5 Å². The first-order chi connectivity index (χ1) is 8.45. The third-order valence-electron chi connectivity index (χ3n) is 2.58. The van der Waals surface area contributed by atoms with Gasteiger partial charge in [-0.1, -0.05) is 0 Å². The van der Waals surface area contributed by atoms with E-state index in [0.29, 0.717) is 18.0 Å². The van der Waals surface area contributed by atoms with Crippen LogP contribution < -0.4 is 5.43 Å². The molecule has 2 rings (SSSR count). The number of hydrogen-bond donors (Lipinski definition) is 2. The van der Waals surface area contributed by atoms with Crippen LogP contribution in [0.1, 0.15) is 23.1 Å². The molecule has 0 saturated carbocycles. The van der Waals surface area contributed by atoms with Crippen molar-refractivity contribution in [1.29, 1.82) is 0 Å². The molecule has 0 aliphatic carbocycles. The molecule has 0 aliphatic heterocycles. The Kier molecular flexibility index (Phi) is 3.08. The third kappa shape index (κ3) is 1.86. The molecule has 6 nitrogen and oxygen atoms in total. The summed E-state index contributed by atoms with van der Waals surface area (Å²) in [5, 5.41) is 9.36. The largest absolute Gasteiger partial charge is 0.477 e. The van der Waals surface area contributed by atoms with E-state index in [1.165, 1.54) is 6.20 Å². The van der Waals surface area contributed by atoms with Crippen molar-refractivity contribution in [3.8, 4) is 0 Å². The predicted molar refractivity (Wildman–Crippen MR) is 68.4 cm³/mol. The predicted octanol–water partition coefficient (Wildman–Crippen LogP) is 1.11. The zero-order chi connectivity index (χ0) is 13.4. The number of aryl methyl sites for hydroxylation is 2. The van der Waals surface area contributed by atoms with Gasteiger partial charge in [0, 0.05) is 12.7 Å². The number of aromatic carboxylic acids is 1. The van der Waals surface area contributed by atoms with E-state index in [1.54, 1.807) is 11.5 Å². The summed E-state index contributed by atoms with van der Waals surface area (Å²) in [5.74, 6) is -0.783. The minimum atomic E-state index is -1.27. The van der Waals surface area contributed by atoms with Crippen molar-refractivity contribution in [2.75, 3.05) is 0 Å². The van der Waals surface area contributed by atoms with Gasteiger partial charge in [0.1, 0.15) is 22.1 Å². The van der Waals surface area contributed by atoms with Gasteiger partial charge in [-0.3, -0.25) is 4.79 Å².